The Kier molecular flexibility index (Phi) is 4.76. The van der Waals surface area contributed by atoms with Gasteiger partial charge in [0.05, 0.1) is 5.69 Å². The minimum atomic E-state index is 0.820. The Morgan fingerprint density at radius 1 is 1.16 bits per heavy atom. The maximum Gasteiger partial charge on any atom is 0.139 e. The molecule has 0 spiro atoms. The van der Waals surface area contributed by atoms with Gasteiger partial charge >= 0.3 is 0 Å². The molecule has 0 fully saturated rings. The summed E-state index contributed by atoms with van der Waals surface area (Å²) in [4.78, 5) is 8.55. The van der Waals surface area contributed by atoms with Crippen molar-refractivity contribution < 1.29 is 0 Å². The summed E-state index contributed by atoms with van der Waals surface area (Å²) in [6.07, 6.45) is 2.41. The lowest BCUT2D eigenvalue weighted by Gasteiger charge is -2.14. The number of benzene rings is 1. The summed E-state index contributed by atoms with van der Waals surface area (Å²) >= 11 is 7.00. The first-order valence-corrected chi connectivity index (χ1v) is 7.48. The van der Waals surface area contributed by atoms with Crippen molar-refractivity contribution in [1.82, 2.24) is 9.97 Å². The molecule has 0 amide bonds. The number of nitrogens with zero attached hydrogens (tertiary/aromatic N) is 2. The highest BCUT2D eigenvalue weighted by atomic mass is 79.9. The van der Waals surface area contributed by atoms with Gasteiger partial charge in [-0.1, -0.05) is 22.9 Å². The fourth-order valence-electron chi connectivity index (χ4n) is 1.79. The van der Waals surface area contributed by atoms with Gasteiger partial charge in [-0.25, -0.2) is 9.97 Å². The van der Waals surface area contributed by atoms with Crippen LogP contribution in [0.15, 0.2) is 33.5 Å². The van der Waals surface area contributed by atoms with Crippen molar-refractivity contribution in [3.05, 3.63) is 39.0 Å². The average molecular weight is 386 g/mol. The Morgan fingerprint density at radius 3 is 2.58 bits per heavy atom. The maximum atomic E-state index is 4.33. The normalized spacial score (nSPS) is 10.3. The number of nitrogens with one attached hydrogen (secondary N) is 2. The molecule has 0 aliphatic heterocycles. The maximum absolute atomic E-state index is 4.33. The number of halogens is 2. The molecule has 0 radical (unpaired) electrons. The predicted molar refractivity (Wildman–Crippen MR) is 86.1 cm³/mol. The Hall–Kier alpha value is -1.14. The second-order valence-electron chi connectivity index (χ2n) is 3.90. The van der Waals surface area contributed by atoms with Gasteiger partial charge in [0, 0.05) is 21.6 Å². The van der Waals surface area contributed by atoms with Gasteiger partial charge in [0.25, 0.3) is 0 Å². The minimum Gasteiger partial charge on any atom is -0.373 e. The standard InChI is InChI=1S/C13H14Br2N4/c1-3-9-12(16-2)17-7-18-13(9)19-11-6-8(14)4-5-10(11)15/h4-7H,3H2,1-2H3,(H2,16,17,18,19). The van der Waals surface area contributed by atoms with Crippen LogP contribution in [0.2, 0.25) is 0 Å². The topological polar surface area (TPSA) is 49.8 Å². The van der Waals surface area contributed by atoms with Crippen molar-refractivity contribution in [2.45, 2.75) is 13.3 Å². The van der Waals surface area contributed by atoms with Crippen LogP contribution in [0.25, 0.3) is 0 Å². The molecule has 1 aromatic carbocycles. The summed E-state index contributed by atoms with van der Waals surface area (Å²) in [7, 11) is 1.86. The first-order chi connectivity index (χ1) is 9.15. The molecule has 4 nitrogen and oxygen atoms in total. The van der Waals surface area contributed by atoms with E-state index in [1.165, 1.54) is 0 Å². The van der Waals surface area contributed by atoms with Crippen LogP contribution in [-0.2, 0) is 6.42 Å². The van der Waals surface area contributed by atoms with Gasteiger partial charge in [0.1, 0.15) is 18.0 Å². The van der Waals surface area contributed by atoms with Crippen molar-refractivity contribution in [2.75, 3.05) is 17.7 Å². The van der Waals surface area contributed by atoms with Crippen molar-refractivity contribution in [3.8, 4) is 0 Å². The second-order valence-corrected chi connectivity index (χ2v) is 5.67. The number of hydrogen-bond donors (Lipinski definition) is 2. The van der Waals surface area contributed by atoms with E-state index in [0.29, 0.717) is 0 Å². The molecule has 0 unspecified atom stereocenters. The zero-order chi connectivity index (χ0) is 13.8. The highest BCUT2D eigenvalue weighted by molar-refractivity contribution is 9.11. The molecule has 2 aromatic rings. The van der Waals surface area contributed by atoms with Crippen LogP contribution in [0.3, 0.4) is 0 Å². The molecule has 2 rings (SSSR count). The largest absolute Gasteiger partial charge is 0.373 e. The molecule has 0 saturated heterocycles. The third-order valence-electron chi connectivity index (χ3n) is 2.72. The van der Waals surface area contributed by atoms with Crippen molar-refractivity contribution >= 4 is 49.2 Å². The molecule has 2 N–H and O–H groups in total. The monoisotopic (exact) mass is 384 g/mol. The molecular formula is C13H14Br2N4. The number of hydrogen-bond acceptors (Lipinski definition) is 4. The van der Waals surface area contributed by atoms with Crippen LogP contribution >= 0.6 is 31.9 Å². The van der Waals surface area contributed by atoms with Crippen molar-refractivity contribution in [3.63, 3.8) is 0 Å². The summed E-state index contributed by atoms with van der Waals surface area (Å²) in [5, 5.41) is 6.43. The van der Waals surface area contributed by atoms with Gasteiger partial charge in [-0.05, 0) is 40.5 Å². The summed E-state index contributed by atoms with van der Waals surface area (Å²) in [6.45, 7) is 2.08. The van der Waals surface area contributed by atoms with Gasteiger partial charge in [0.2, 0.25) is 0 Å². The Labute approximate surface area is 129 Å². The molecule has 0 bridgehead atoms. The van der Waals surface area contributed by atoms with E-state index in [1.54, 1.807) is 6.33 Å². The van der Waals surface area contributed by atoms with E-state index in [4.69, 9.17) is 0 Å². The van der Waals surface area contributed by atoms with E-state index in [-0.39, 0.29) is 0 Å². The molecule has 0 aliphatic rings. The average Bonchev–Trinajstić information content (AvgIpc) is 2.42. The van der Waals surface area contributed by atoms with Crippen LogP contribution in [0.4, 0.5) is 17.3 Å². The van der Waals surface area contributed by atoms with Gasteiger partial charge < -0.3 is 10.6 Å². The first-order valence-electron chi connectivity index (χ1n) is 5.89. The van der Waals surface area contributed by atoms with Crippen molar-refractivity contribution in [1.29, 1.82) is 0 Å². The van der Waals surface area contributed by atoms with Gasteiger partial charge in [-0.3, -0.25) is 0 Å². The first kappa shape index (κ1) is 14.3. The predicted octanol–water partition coefficient (Wildman–Crippen LogP) is 4.35. The van der Waals surface area contributed by atoms with Crippen LogP contribution in [-0.4, -0.2) is 17.0 Å². The van der Waals surface area contributed by atoms with E-state index in [9.17, 15) is 0 Å². The molecule has 6 heteroatoms. The molecule has 1 aromatic heterocycles. The fraction of sp³-hybridized carbons (Fsp3) is 0.231. The zero-order valence-corrected chi connectivity index (χ0v) is 13.8. The Bertz CT molecular complexity index is 587. The lowest BCUT2D eigenvalue weighted by atomic mass is 10.2. The van der Waals surface area contributed by atoms with Gasteiger partial charge in [0.15, 0.2) is 0 Å². The van der Waals surface area contributed by atoms with E-state index in [1.807, 2.05) is 25.2 Å². The smallest absolute Gasteiger partial charge is 0.139 e. The van der Waals surface area contributed by atoms with E-state index >= 15 is 0 Å². The zero-order valence-electron chi connectivity index (χ0n) is 10.7. The summed E-state index contributed by atoms with van der Waals surface area (Å²) < 4.78 is 2.00. The van der Waals surface area contributed by atoms with E-state index in [0.717, 1.165) is 38.3 Å². The quantitative estimate of drug-likeness (QED) is 0.821. The number of aromatic nitrogens is 2. The molecule has 0 saturated carbocycles. The molecular weight excluding hydrogens is 372 g/mol. The molecule has 19 heavy (non-hydrogen) atoms. The molecule has 1 heterocycles. The fourth-order valence-corrected chi connectivity index (χ4v) is 2.50. The van der Waals surface area contributed by atoms with Gasteiger partial charge in [-0.15, -0.1) is 0 Å². The van der Waals surface area contributed by atoms with Crippen LogP contribution in [0, 0.1) is 0 Å². The number of rotatable bonds is 4. The molecule has 0 aliphatic carbocycles. The summed E-state index contributed by atoms with van der Waals surface area (Å²) in [5.41, 5.74) is 2.03. The van der Waals surface area contributed by atoms with E-state index < -0.39 is 0 Å². The Morgan fingerprint density at radius 2 is 1.89 bits per heavy atom. The van der Waals surface area contributed by atoms with Gasteiger partial charge in [-0.2, -0.15) is 0 Å². The molecule has 100 valence electrons. The van der Waals surface area contributed by atoms with Crippen LogP contribution in [0.1, 0.15) is 12.5 Å². The SMILES string of the molecule is CCc1c(NC)ncnc1Nc1cc(Br)ccc1Br. The third kappa shape index (κ3) is 3.25. The Balaban J connectivity index is 2.40. The second kappa shape index (κ2) is 6.34. The highest BCUT2D eigenvalue weighted by Crippen LogP contribution is 2.30. The van der Waals surface area contributed by atoms with Crippen molar-refractivity contribution in [2.24, 2.45) is 0 Å². The van der Waals surface area contributed by atoms with Crippen LogP contribution in [0.5, 0.6) is 0 Å². The number of anilines is 3. The third-order valence-corrected chi connectivity index (χ3v) is 3.90. The minimum absolute atomic E-state index is 0.820. The summed E-state index contributed by atoms with van der Waals surface area (Å²) in [6, 6.07) is 5.97. The lowest BCUT2D eigenvalue weighted by Crippen LogP contribution is -2.05. The van der Waals surface area contributed by atoms with Crippen LogP contribution < -0.4 is 10.6 Å². The highest BCUT2D eigenvalue weighted by Gasteiger charge is 2.10. The summed E-state index contributed by atoms with van der Waals surface area (Å²) in [5.74, 6) is 1.67. The molecule has 0 atom stereocenters. The van der Waals surface area contributed by atoms with E-state index in [2.05, 4.69) is 59.4 Å². The lowest BCUT2D eigenvalue weighted by molar-refractivity contribution is 1.05.